The van der Waals surface area contributed by atoms with Crippen molar-refractivity contribution in [2.24, 2.45) is 0 Å². The molecule has 62 valence electrons. The average Bonchev–Trinajstić information content (AvgIpc) is 2.46. The number of aliphatic hydroxyl groups is 1. The minimum absolute atomic E-state index is 0.0453. The van der Waals surface area contributed by atoms with E-state index in [1.165, 1.54) is 12.1 Å². The predicted octanol–water partition coefficient (Wildman–Crippen LogP) is 1.80. The maximum Gasteiger partial charge on any atom is 0.125 e. The Kier molecular flexibility index (Phi) is 1.59. The fraction of sp³-hybridized carbons (Fsp3) is 0.111. The van der Waals surface area contributed by atoms with E-state index < -0.39 is 0 Å². The molecule has 0 unspecified atom stereocenters. The number of benzene rings is 1. The minimum Gasteiger partial charge on any atom is -0.390 e. The first-order chi connectivity index (χ1) is 5.79. The van der Waals surface area contributed by atoms with E-state index in [2.05, 4.69) is 4.98 Å². The van der Waals surface area contributed by atoms with Crippen molar-refractivity contribution in [1.29, 1.82) is 0 Å². The van der Waals surface area contributed by atoms with Crippen LogP contribution in [0.1, 0.15) is 5.69 Å². The molecule has 0 fully saturated rings. The number of rotatable bonds is 1. The fourth-order valence-corrected chi connectivity index (χ4v) is 1.24. The third kappa shape index (κ3) is 1.08. The number of nitrogens with one attached hydrogen (secondary N) is 1. The summed E-state index contributed by atoms with van der Waals surface area (Å²) in [7, 11) is 0. The van der Waals surface area contributed by atoms with E-state index in [1.807, 2.05) is 0 Å². The Morgan fingerprint density at radius 3 is 2.92 bits per heavy atom. The summed E-state index contributed by atoms with van der Waals surface area (Å²) < 4.78 is 12.7. The number of fused-ring (bicyclic) bond motifs is 1. The van der Waals surface area contributed by atoms with Gasteiger partial charge in [-0.1, -0.05) is 0 Å². The molecule has 12 heavy (non-hydrogen) atoms. The van der Waals surface area contributed by atoms with Crippen molar-refractivity contribution in [3.8, 4) is 0 Å². The molecule has 0 aliphatic heterocycles. The van der Waals surface area contributed by atoms with Crippen LogP contribution < -0.4 is 0 Å². The number of H-pyrrole nitrogens is 1. The molecule has 0 bridgehead atoms. The van der Waals surface area contributed by atoms with E-state index in [-0.39, 0.29) is 12.4 Å². The average molecular weight is 165 g/mol. The van der Waals surface area contributed by atoms with Gasteiger partial charge in [0.2, 0.25) is 0 Å². The fourth-order valence-electron chi connectivity index (χ4n) is 1.24. The number of aromatic amines is 1. The third-order valence-corrected chi connectivity index (χ3v) is 1.81. The zero-order valence-corrected chi connectivity index (χ0v) is 6.34. The number of hydrogen-bond acceptors (Lipinski definition) is 1. The van der Waals surface area contributed by atoms with E-state index >= 15 is 0 Å². The van der Waals surface area contributed by atoms with Gasteiger partial charge in [0.15, 0.2) is 0 Å². The van der Waals surface area contributed by atoms with Crippen LogP contribution in [0.3, 0.4) is 0 Å². The molecule has 3 heteroatoms. The van der Waals surface area contributed by atoms with Gasteiger partial charge in [-0.2, -0.15) is 0 Å². The van der Waals surface area contributed by atoms with Crippen molar-refractivity contribution in [1.82, 2.24) is 4.98 Å². The van der Waals surface area contributed by atoms with Crippen molar-refractivity contribution >= 4 is 10.9 Å². The Bertz CT molecular complexity index is 408. The van der Waals surface area contributed by atoms with Crippen LogP contribution in [0.5, 0.6) is 0 Å². The van der Waals surface area contributed by atoms with Gasteiger partial charge in [-0.05, 0) is 29.7 Å². The summed E-state index contributed by atoms with van der Waals surface area (Å²) in [6.07, 6.45) is 0. The number of aliphatic hydroxyl groups excluding tert-OH is 1. The normalized spacial score (nSPS) is 10.8. The second-order valence-corrected chi connectivity index (χ2v) is 2.68. The van der Waals surface area contributed by atoms with Crippen LogP contribution in [0.2, 0.25) is 0 Å². The molecule has 0 saturated carbocycles. The van der Waals surface area contributed by atoms with Crippen molar-refractivity contribution in [3.63, 3.8) is 0 Å². The van der Waals surface area contributed by atoms with E-state index in [9.17, 15) is 4.39 Å². The van der Waals surface area contributed by atoms with Crippen LogP contribution in [-0.4, -0.2) is 10.1 Å². The first-order valence-corrected chi connectivity index (χ1v) is 3.67. The maximum atomic E-state index is 12.7. The molecule has 0 saturated heterocycles. The minimum atomic E-state index is -0.270. The molecule has 0 spiro atoms. The number of aromatic nitrogens is 1. The summed E-state index contributed by atoms with van der Waals surface area (Å²) in [5.74, 6) is -0.270. The van der Waals surface area contributed by atoms with Gasteiger partial charge in [0.05, 0.1) is 6.61 Å². The Balaban J connectivity index is 2.67. The monoisotopic (exact) mass is 165 g/mol. The summed E-state index contributed by atoms with van der Waals surface area (Å²) in [6, 6.07) is 6.29. The van der Waals surface area contributed by atoms with Crippen molar-refractivity contribution in [2.75, 3.05) is 0 Å². The first-order valence-electron chi connectivity index (χ1n) is 3.67. The Labute approximate surface area is 68.6 Å². The van der Waals surface area contributed by atoms with Crippen LogP contribution in [0.4, 0.5) is 4.39 Å². The molecular weight excluding hydrogens is 157 g/mol. The van der Waals surface area contributed by atoms with Gasteiger partial charge in [-0.15, -0.1) is 0 Å². The Hall–Kier alpha value is -1.35. The predicted molar refractivity (Wildman–Crippen MR) is 44.2 cm³/mol. The highest BCUT2D eigenvalue weighted by Crippen LogP contribution is 2.16. The van der Waals surface area contributed by atoms with Crippen molar-refractivity contribution in [3.05, 3.63) is 35.8 Å². The standard InChI is InChI=1S/C9H8FNO/c10-7-2-1-6-3-8(5-12)11-9(6)4-7/h1-4,11-12H,5H2. The Morgan fingerprint density at radius 2 is 2.17 bits per heavy atom. The molecule has 2 rings (SSSR count). The summed E-state index contributed by atoms with van der Waals surface area (Å²) in [5.41, 5.74) is 1.43. The molecule has 0 aliphatic carbocycles. The molecule has 2 nitrogen and oxygen atoms in total. The molecule has 0 aliphatic rings. The quantitative estimate of drug-likeness (QED) is 0.664. The summed E-state index contributed by atoms with van der Waals surface area (Å²) in [5, 5.41) is 9.70. The SMILES string of the molecule is OCc1cc2ccc(F)cc2[nH]1. The van der Waals surface area contributed by atoms with Gasteiger partial charge in [0, 0.05) is 11.2 Å². The third-order valence-electron chi connectivity index (χ3n) is 1.81. The van der Waals surface area contributed by atoms with E-state index in [0.29, 0.717) is 5.69 Å². The Morgan fingerprint density at radius 1 is 1.33 bits per heavy atom. The molecule has 0 radical (unpaired) electrons. The largest absolute Gasteiger partial charge is 0.390 e. The van der Waals surface area contributed by atoms with Gasteiger partial charge in [-0.3, -0.25) is 0 Å². The zero-order chi connectivity index (χ0) is 8.55. The van der Waals surface area contributed by atoms with Gasteiger partial charge in [0.25, 0.3) is 0 Å². The molecule has 2 N–H and O–H groups in total. The van der Waals surface area contributed by atoms with Crippen LogP contribution in [0.25, 0.3) is 10.9 Å². The molecule has 1 aromatic heterocycles. The molecule has 1 heterocycles. The summed E-state index contributed by atoms with van der Waals surface area (Å²) >= 11 is 0. The van der Waals surface area contributed by atoms with E-state index in [4.69, 9.17) is 5.11 Å². The van der Waals surface area contributed by atoms with Gasteiger partial charge in [-0.25, -0.2) is 4.39 Å². The second-order valence-electron chi connectivity index (χ2n) is 2.68. The topological polar surface area (TPSA) is 36.0 Å². The smallest absolute Gasteiger partial charge is 0.125 e. The highest BCUT2D eigenvalue weighted by molar-refractivity contribution is 5.80. The van der Waals surface area contributed by atoms with Crippen LogP contribution in [0, 0.1) is 5.82 Å². The number of halogens is 1. The lowest BCUT2D eigenvalue weighted by atomic mass is 10.2. The maximum absolute atomic E-state index is 12.7. The molecule has 0 atom stereocenters. The van der Waals surface area contributed by atoms with E-state index in [0.717, 1.165) is 10.9 Å². The van der Waals surface area contributed by atoms with Gasteiger partial charge in [0.1, 0.15) is 5.82 Å². The van der Waals surface area contributed by atoms with Gasteiger partial charge < -0.3 is 10.1 Å². The lowest BCUT2D eigenvalue weighted by molar-refractivity contribution is 0.278. The summed E-state index contributed by atoms with van der Waals surface area (Å²) in [4.78, 5) is 2.90. The molecular formula is C9H8FNO. The lowest BCUT2D eigenvalue weighted by Crippen LogP contribution is -1.79. The molecule has 0 amide bonds. The van der Waals surface area contributed by atoms with Crippen LogP contribution in [-0.2, 0) is 6.61 Å². The zero-order valence-electron chi connectivity index (χ0n) is 6.34. The van der Waals surface area contributed by atoms with Gasteiger partial charge >= 0.3 is 0 Å². The molecule has 2 aromatic rings. The highest BCUT2D eigenvalue weighted by Gasteiger charge is 1.99. The lowest BCUT2D eigenvalue weighted by Gasteiger charge is -1.88. The highest BCUT2D eigenvalue weighted by atomic mass is 19.1. The first kappa shape index (κ1) is 7.31. The summed E-state index contributed by atoms with van der Waals surface area (Å²) in [6.45, 7) is -0.0453. The van der Waals surface area contributed by atoms with Crippen molar-refractivity contribution < 1.29 is 9.50 Å². The molecule has 1 aromatic carbocycles. The van der Waals surface area contributed by atoms with Crippen LogP contribution in [0.15, 0.2) is 24.3 Å². The second kappa shape index (κ2) is 2.60. The van der Waals surface area contributed by atoms with Crippen molar-refractivity contribution in [2.45, 2.75) is 6.61 Å². The van der Waals surface area contributed by atoms with E-state index in [1.54, 1.807) is 12.1 Å². The van der Waals surface area contributed by atoms with Crippen LogP contribution >= 0.6 is 0 Å². The number of hydrogen-bond donors (Lipinski definition) is 2.